The minimum Gasteiger partial charge on any atom is -0.360 e. The van der Waals surface area contributed by atoms with E-state index in [2.05, 4.69) is 37.6 Å². The highest BCUT2D eigenvalue weighted by atomic mass is 16.1. The van der Waals surface area contributed by atoms with E-state index in [9.17, 15) is 4.79 Å². The first-order valence-electron chi connectivity index (χ1n) is 10.6. The number of aromatic amines is 2. The number of carbonyl (C=O) groups is 1. The fourth-order valence-corrected chi connectivity index (χ4v) is 3.97. The number of ketones is 1. The largest absolute Gasteiger partial charge is 0.360 e. The molecule has 1 unspecified atom stereocenters. The average Bonchev–Trinajstić information content (AvgIpc) is 3.53. The van der Waals surface area contributed by atoms with Crippen LogP contribution in [0.5, 0.6) is 0 Å². The molecular weight excluding hydrogens is 398 g/mol. The van der Waals surface area contributed by atoms with Crippen molar-refractivity contribution in [2.75, 3.05) is 6.54 Å². The van der Waals surface area contributed by atoms with E-state index < -0.39 is 6.04 Å². The van der Waals surface area contributed by atoms with Gasteiger partial charge < -0.3 is 15.3 Å². The second-order valence-electron chi connectivity index (χ2n) is 7.69. The highest BCUT2D eigenvalue weighted by molar-refractivity contribution is 6.10. The topological polar surface area (TPSA) is 86.5 Å². The third-order valence-corrected chi connectivity index (χ3v) is 5.66. The van der Waals surface area contributed by atoms with Gasteiger partial charge in [0, 0.05) is 34.8 Å². The fraction of sp³-hybridized carbons (Fsp3) is 0.115. The number of Topliss-reactive ketones (excluding diaryl/α,β-unsaturated/α-hetero) is 1. The zero-order valence-electron chi connectivity index (χ0n) is 17.5. The summed E-state index contributed by atoms with van der Waals surface area (Å²) in [7, 11) is 0. The lowest BCUT2D eigenvalue weighted by atomic mass is 9.96. The van der Waals surface area contributed by atoms with Crippen LogP contribution < -0.4 is 5.32 Å². The molecule has 1 atom stereocenters. The molecule has 0 bridgehead atoms. The van der Waals surface area contributed by atoms with Crippen molar-refractivity contribution in [3.8, 4) is 11.4 Å². The van der Waals surface area contributed by atoms with Crippen LogP contribution in [0.25, 0.3) is 22.3 Å². The molecule has 2 heterocycles. The lowest BCUT2D eigenvalue weighted by Crippen LogP contribution is -2.30. The molecule has 0 saturated carbocycles. The highest BCUT2D eigenvalue weighted by Gasteiger charge is 2.23. The molecule has 0 fully saturated rings. The Labute approximate surface area is 185 Å². The van der Waals surface area contributed by atoms with Gasteiger partial charge in [0.2, 0.25) is 0 Å². The molecule has 6 nitrogen and oxygen atoms in total. The summed E-state index contributed by atoms with van der Waals surface area (Å²) in [5.41, 5.74) is 4.82. The zero-order valence-corrected chi connectivity index (χ0v) is 17.5. The summed E-state index contributed by atoms with van der Waals surface area (Å²) in [5, 5.41) is 12.3. The Kier molecular flexibility index (Phi) is 5.59. The molecule has 158 valence electrons. The van der Waals surface area contributed by atoms with Crippen LogP contribution >= 0.6 is 0 Å². The molecule has 5 aromatic rings. The van der Waals surface area contributed by atoms with Crippen LogP contribution in [0.1, 0.15) is 27.5 Å². The van der Waals surface area contributed by atoms with E-state index in [0.717, 1.165) is 34.3 Å². The van der Waals surface area contributed by atoms with E-state index in [4.69, 9.17) is 0 Å². The molecule has 0 radical (unpaired) electrons. The van der Waals surface area contributed by atoms with Crippen molar-refractivity contribution in [2.24, 2.45) is 0 Å². The predicted molar refractivity (Wildman–Crippen MR) is 125 cm³/mol. The highest BCUT2D eigenvalue weighted by Crippen LogP contribution is 2.25. The quantitative estimate of drug-likeness (QED) is 0.317. The average molecular weight is 422 g/mol. The Bertz CT molecular complexity index is 1310. The van der Waals surface area contributed by atoms with Crippen molar-refractivity contribution in [3.05, 3.63) is 108 Å². The van der Waals surface area contributed by atoms with Crippen LogP contribution in [0.3, 0.4) is 0 Å². The number of fused-ring (bicyclic) bond motifs is 1. The van der Waals surface area contributed by atoms with Crippen LogP contribution in [0.2, 0.25) is 0 Å². The van der Waals surface area contributed by atoms with E-state index in [-0.39, 0.29) is 5.78 Å². The maximum atomic E-state index is 13.5. The fourth-order valence-electron chi connectivity index (χ4n) is 3.97. The lowest BCUT2D eigenvalue weighted by molar-refractivity contribution is 0.0945. The number of nitrogens with one attached hydrogen (secondary N) is 3. The normalized spacial score (nSPS) is 12.1. The predicted octanol–water partition coefficient (Wildman–Crippen LogP) is 4.71. The van der Waals surface area contributed by atoms with Crippen molar-refractivity contribution in [1.82, 2.24) is 25.5 Å². The molecule has 0 amide bonds. The summed E-state index contributed by atoms with van der Waals surface area (Å²) in [6, 6.07) is 25.6. The number of H-pyrrole nitrogens is 2. The zero-order chi connectivity index (χ0) is 21.8. The number of carbonyl (C=O) groups excluding carboxylic acids is 1. The Hall–Kier alpha value is -4.03. The molecule has 6 heteroatoms. The standard InChI is InChI=1S/C26H23N5O/c32-25(22-16-28-23-9-5-4-8-21(22)23)24(19-6-2-1-3-7-19)27-15-14-18-10-12-20(13-11-18)26-29-17-30-31-26/h1-13,16-17,24,27-28H,14-15H2,(H,29,30,31). The van der Waals surface area contributed by atoms with Gasteiger partial charge in [-0.3, -0.25) is 4.79 Å². The van der Waals surface area contributed by atoms with Crippen LogP contribution in [0.15, 0.2) is 91.4 Å². The molecule has 3 aromatic carbocycles. The van der Waals surface area contributed by atoms with Gasteiger partial charge in [-0.05, 0) is 23.6 Å². The molecule has 3 N–H and O–H groups in total. The number of hydrogen-bond donors (Lipinski definition) is 3. The van der Waals surface area contributed by atoms with Gasteiger partial charge >= 0.3 is 0 Å². The summed E-state index contributed by atoms with van der Waals surface area (Å²) >= 11 is 0. The first-order chi connectivity index (χ1) is 15.8. The van der Waals surface area contributed by atoms with E-state index in [1.165, 1.54) is 5.56 Å². The molecule has 0 saturated heterocycles. The SMILES string of the molecule is O=C(c1c[nH]c2ccccc12)C(NCCc1ccc(-c2nnc[nH]2)cc1)c1ccccc1. The third kappa shape index (κ3) is 4.08. The number of rotatable bonds is 8. The number of benzene rings is 3. The van der Waals surface area contributed by atoms with Crippen LogP contribution in [0, 0.1) is 0 Å². The second-order valence-corrected chi connectivity index (χ2v) is 7.69. The third-order valence-electron chi connectivity index (χ3n) is 5.66. The van der Waals surface area contributed by atoms with Crippen molar-refractivity contribution in [3.63, 3.8) is 0 Å². The summed E-state index contributed by atoms with van der Waals surface area (Å²) < 4.78 is 0. The van der Waals surface area contributed by atoms with Crippen LogP contribution in [-0.4, -0.2) is 32.5 Å². The van der Waals surface area contributed by atoms with Gasteiger partial charge in [-0.2, -0.15) is 0 Å². The van der Waals surface area contributed by atoms with Gasteiger partial charge in [-0.1, -0.05) is 72.8 Å². The van der Waals surface area contributed by atoms with Gasteiger partial charge in [0.25, 0.3) is 0 Å². The van der Waals surface area contributed by atoms with Crippen LogP contribution in [-0.2, 0) is 6.42 Å². The van der Waals surface area contributed by atoms with Crippen LogP contribution in [0.4, 0.5) is 0 Å². The molecule has 5 rings (SSSR count). The summed E-state index contributed by atoms with van der Waals surface area (Å²) in [6.07, 6.45) is 4.19. The Morgan fingerprint density at radius 2 is 1.69 bits per heavy atom. The van der Waals surface area contributed by atoms with Gasteiger partial charge in [0.1, 0.15) is 6.33 Å². The lowest BCUT2D eigenvalue weighted by Gasteiger charge is -2.18. The van der Waals surface area contributed by atoms with Crippen molar-refractivity contribution >= 4 is 16.7 Å². The first-order valence-corrected chi connectivity index (χ1v) is 10.6. The summed E-state index contributed by atoms with van der Waals surface area (Å²) in [4.78, 5) is 19.8. The molecule has 32 heavy (non-hydrogen) atoms. The monoisotopic (exact) mass is 421 g/mol. The molecule has 0 aliphatic carbocycles. The number of nitrogens with zero attached hydrogens (tertiary/aromatic N) is 2. The van der Waals surface area contributed by atoms with Crippen molar-refractivity contribution in [1.29, 1.82) is 0 Å². The molecule has 0 aliphatic rings. The van der Waals surface area contributed by atoms with Gasteiger partial charge in [0.05, 0.1) is 6.04 Å². The molecule has 2 aromatic heterocycles. The van der Waals surface area contributed by atoms with E-state index in [1.54, 1.807) is 6.33 Å². The first kappa shape index (κ1) is 19.9. The number of hydrogen-bond acceptors (Lipinski definition) is 4. The van der Waals surface area contributed by atoms with Gasteiger partial charge in [0.15, 0.2) is 11.6 Å². The summed E-state index contributed by atoms with van der Waals surface area (Å²) in [5.74, 6) is 0.817. The number of para-hydroxylation sites is 1. The summed E-state index contributed by atoms with van der Waals surface area (Å²) in [6.45, 7) is 0.676. The van der Waals surface area contributed by atoms with Gasteiger partial charge in [-0.25, -0.2) is 0 Å². The second kappa shape index (κ2) is 8.99. The van der Waals surface area contributed by atoms with Gasteiger partial charge in [-0.15, -0.1) is 10.2 Å². The molecular formula is C26H23N5O. The van der Waals surface area contributed by atoms with E-state index in [1.807, 2.05) is 72.9 Å². The maximum Gasteiger partial charge on any atom is 0.186 e. The minimum atomic E-state index is -0.413. The van der Waals surface area contributed by atoms with E-state index >= 15 is 0 Å². The Balaban J connectivity index is 1.32. The number of aromatic nitrogens is 4. The van der Waals surface area contributed by atoms with Crippen molar-refractivity contribution < 1.29 is 4.79 Å². The smallest absolute Gasteiger partial charge is 0.186 e. The van der Waals surface area contributed by atoms with E-state index in [0.29, 0.717) is 12.1 Å². The Morgan fingerprint density at radius 1 is 0.906 bits per heavy atom. The maximum absolute atomic E-state index is 13.5. The molecule has 0 aliphatic heterocycles. The Morgan fingerprint density at radius 3 is 2.47 bits per heavy atom. The molecule has 0 spiro atoms. The minimum absolute atomic E-state index is 0.0642. The van der Waals surface area contributed by atoms with Crippen molar-refractivity contribution in [2.45, 2.75) is 12.5 Å².